The smallest absolute Gasteiger partial charge is 0.412 e. The zero-order valence-electron chi connectivity index (χ0n) is 21.2. The number of hydrogen-bond acceptors (Lipinski definition) is 6. The Hall–Kier alpha value is -2.96. The van der Waals surface area contributed by atoms with Crippen molar-refractivity contribution in [2.24, 2.45) is 11.8 Å². The quantitative estimate of drug-likeness (QED) is 0.496. The van der Waals surface area contributed by atoms with Crippen LogP contribution < -0.4 is 10.1 Å². The summed E-state index contributed by atoms with van der Waals surface area (Å²) in [5.41, 5.74) is -0.525. The van der Waals surface area contributed by atoms with Gasteiger partial charge in [-0.1, -0.05) is 6.07 Å². The zero-order chi connectivity index (χ0) is 28.5. The van der Waals surface area contributed by atoms with Crippen LogP contribution in [0.15, 0.2) is 18.2 Å². The second-order valence-electron chi connectivity index (χ2n) is 9.91. The van der Waals surface area contributed by atoms with Crippen LogP contribution >= 0.6 is 0 Å². The van der Waals surface area contributed by atoms with Gasteiger partial charge in [-0.3, -0.25) is 9.59 Å². The van der Waals surface area contributed by atoms with E-state index in [2.05, 4.69) is 0 Å². The van der Waals surface area contributed by atoms with E-state index in [9.17, 15) is 35.6 Å². The van der Waals surface area contributed by atoms with Crippen LogP contribution in [-0.2, 0) is 19.8 Å². The summed E-state index contributed by atoms with van der Waals surface area (Å²) in [5.74, 6) is -3.92. The van der Waals surface area contributed by atoms with E-state index in [1.165, 1.54) is 20.6 Å². The maximum atomic E-state index is 14.1. The van der Waals surface area contributed by atoms with Gasteiger partial charge >= 0.3 is 6.18 Å². The molecule has 3 heterocycles. The number of nitrogens with one attached hydrogen (secondary N) is 1. The molecule has 3 atom stereocenters. The van der Waals surface area contributed by atoms with Crippen molar-refractivity contribution in [3.8, 4) is 11.8 Å². The van der Waals surface area contributed by atoms with E-state index in [0.717, 1.165) is 12.1 Å². The molecule has 1 aromatic carbocycles. The van der Waals surface area contributed by atoms with Crippen LogP contribution in [0, 0.1) is 29.0 Å². The number of ether oxygens (including phenoxy) is 1. The highest BCUT2D eigenvalue weighted by molar-refractivity contribution is 7.86. The number of likely N-dealkylation sites (tertiary alicyclic amines) is 1. The minimum absolute atomic E-state index is 0.0841. The molecule has 3 aliphatic heterocycles. The number of nitrogens with zero attached hydrogens (tertiary/aromatic N) is 4. The van der Waals surface area contributed by atoms with Crippen molar-refractivity contribution in [2.75, 3.05) is 39.8 Å². The van der Waals surface area contributed by atoms with Crippen LogP contribution in [0.1, 0.15) is 37.3 Å². The van der Waals surface area contributed by atoms with Gasteiger partial charge in [0.1, 0.15) is 6.04 Å². The molecule has 3 aliphatic rings. The van der Waals surface area contributed by atoms with Gasteiger partial charge < -0.3 is 15.0 Å². The van der Waals surface area contributed by atoms with Gasteiger partial charge in [-0.25, -0.2) is 4.39 Å². The fourth-order valence-electron chi connectivity index (χ4n) is 5.22. The fraction of sp³-hybridized carbons (Fsp3) is 0.625. The number of benzene rings is 1. The maximum Gasteiger partial charge on any atom is 0.412 e. The zero-order valence-corrected chi connectivity index (χ0v) is 22.0. The van der Waals surface area contributed by atoms with E-state index in [1.807, 2.05) is 11.4 Å². The van der Waals surface area contributed by atoms with Gasteiger partial charge in [0, 0.05) is 32.7 Å². The number of piperidine rings is 1. The molecule has 0 radical (unpaired) electrons. The highest BCUT2D eigenvalue weighted by Crippen LogP contribution is 2.35. The lowest BCUT2D eigenvalue weighted by molar-refractivity contribution is -0.165. The Balaban J connectivity index is 1.45. The van der Waals surface area contributed by atoms with Gasteiger partial charge in [0.2, 0.25) is 11.8 Å². The van der Waals surface area contributed by atoms with Crippen molar-refractivity contribution >= 4 is 22.0 Å². The Bertz CT molecular complexity index is 1250. The highest BCUT2D eigenvalue weighted by Gasteiger charge is 2.47. The molecule has 1 aromatic rings. The number of carbonyl (C=O) groups excluding carboxylic acids is 2. The van der Waals surface area contributed by atoms with Gasteiger partial charge in [0.15, 0.2) is 17.6 Å². The topological polar surface area (TPSA) is 123 Å². The minimum Gasteiger partial charge on any atom is -0.494 e. The maximum absolute atomic E-state index is 14.1. The SMILES string of the molecule is COc1ccc(C(NC(=O)[C@H]2CCCN2C(=O)[C@H]2CCCN(S(=O)(=O)N3CC(C#N)C3)C2)C(F)(F)F)cc1F. The molecule has 214 valence electrons. The van der Waals surface area contributed by atoms with Crippen LogP contribution in [0.4, 0.5) is 17.6 Å². The summed E-state index contributed by atoms with van der Waals surface area (Å²) >= 11 is 0. The first-order valence-electron chi connectivity index (χ1n) is 12.5. The Labute approximate surface area is 223 Å². The molecule has 0 aliphatic carbocycles. The summed E-state index contributed by atoms with van der Waals surface area (Å²) < 4.78 is 88.7. The van der Waals surface area contributed by atoms with Crippen LogP contribution in [0.25, 0.3) is 0 Å². The monoisotopic (exact) mass is 575 g/mol. The van der Waals surface area contributed by atoms with E-state index in [-0.39, 0.29) is 50.8 Å². The summed E-state index contributed by atoms with van der Waals surface area (Å²) in [6, 6.07) is 1.00. The Morgan fingerprint density at radius 1 is 1.13 bits per heavy atom. The van der Waals surface area contributed by atoms with E-state index in [0.29, 0.717) is 25.3 Å². The van der Waals surface area contributed by atoms with Crippen molar-refractivity contribution in [3.63, 3.8) is 0 Å². The van der Waals surface area contributed by atoms with E-state index < -0.39 is 57.6 Å². The van der Waals surface area contributed by atoms with Crippen LogP contribution in [0.3, 0.4) is 0 Å². The summed E-state index contributed by atoms with van der Waals surface area (Å²) in [6.45, 7) is 0.400. The van der Waals surface area contributed by atoms with Gasteiger partial charge in [-0.15, -0.1) is 0 Å². The molecule has 0 saturated carbocycles. The highest BCUT2D eigenvalue weighted by atomic mass is 32.2. The Morgan fingerprint density at radius 3 is 2.44 bits per heavy atom. The van der Waals surface area contributed by atoms with E-state index in [4.69, 9.17) is 10.00 Å². The van der Waals surface area contributed by atoms with Crippen molar-refractivity contribution in [3.05, 3.63) is 29.6 Å². The molecule has 0 bridgehead atoms. The Kier molecular flexibility index (Phi) is 8.38. The predicted octanol–water partition coefficient (Wildman–Crippen LogP) is 1.96. The van der Waals surface area contributed by atoms with Crippen LogP contribution in [-0.4, -0.2) is 85.8 Å². The molecule has 3 saturated heterocycles. The van der Waals surface area contributed by atoms with Crippen molar-refractivity contribution in [1.82, 2.24) is 18.8 Å². The largest absolute Gasteiger partial charge is 0.494 e. The van der Waals surface area contributed by atoms with Gasteiger partial charge in [0.05, 0.1) is 25.0 Å². The van der Waals surface area contributed by atoms with E-state index in [1.54, 1.807) is 0 Å². The van der Waals surface area contributed by atoms with Crippen LogP contribution in [0.2, 0.25) is 0 Å². The number of amides is 2. The standard InChI is InChI=1S/C24H29F4N5O5S/c1-38-20-7-6-16(10-18(20)25)21(24(26,27)28)30-22(34)19-5-3-9-33(19)23(35)17-4-2-8-31(14-17)39(36,37)32-12-15(11-29)13-32/h6-7,10,15,17,19,21H,2-5,8-9,12-14H2,1H3,(H,30,34)/t17-,19+,21?/m0/s1. The Morgan fingerprint density at radius 2 is 1.82 bits per heavy atom. The predicted molar refractivity (Wildman–Crippen MR) is 129 cm³/mol. The molecule has 15 heteroatoms. The molecule has 1 N–H and O–H groups in total. The van der Waals surface area contributed by atoms with Crippen LogP contribution in [0.5, 0.6) is 5.75 Å². The van der Waals surface area contributed by atoms with Gasteiger partial charge in [-0.05, 0) is 43.4 Å². The lowest BCUT2D eigenvalue weighted by Gasteiger charge is -2.41. The summed E-state index contributed by atoms with van der Waals surface area (Å²) in [5, 5.41) is 10.9. The molecule has 3 fully saturated rings. The molecule has 0 aromatic heterocycles. The lowest BCUT2D eigenvalue weighted by Crippen LogP contribution is -2.57. The number of methoxy groups -OCH3 is 1. The van der Waals surface area contributed by atoms with Crippen molar-refractivity contribution in [2.45, 2.75) is 43.9 Å². The second-order valence-corrected chi connectivity index (χ2v) is 11.8. The number of halogens is 4. The summed E-state index contributed by atoms with van der Waals surface area (Å²) in [7, 11) is -2.69. The van der Waals surface area contributed by atoms with Gasteiger partial charge in [-0.2, -0.15) is 35.5 Å². The summed E-state index contributed by atoms with van der Waals surface area (Å²) in [6.07, 6.45) is -3.65. The molecular weight excluding hydrogens is 546 g/mol. The normalized spacial score (nSPS) is 24.1. The molecule has 39 heavy (non-hydrogen) atoms. The number of carbonyl (C=O) groups is 2. The number of hydrogen-bond donors (Lipinski definition) is 1. The number of rotatable bonds is 7. The first kappa shape index (κ1) is 29.0. The molecule has 1 unspecified atom stereocenters. The molecule has 4 rings (SSSR count). The van der Waals surface area contributed by atoms with Gasteiger partial charge in [0.25, 0.3) is 10.2 Å². The average molecular weight is 576 g/mol. The fourth-order valence-corrected chi connectivity index (χ4v) is 7.01. The minimum atomic E-state index is -4.94. The first-order valence-corrected chi connectivity index (χ1v) is 13.9. The molecule has 2 amide bonds. The summed E-state index contributed by atoms with van der Waals surface area (Å²) in [4.78, 5) is 27.6. The average Bonchev–Trinajstić information content (AvgIpc) is 3.35. The molecule has 10 nitrogen and oxygen atoms in total. The third-order valence-corrected chi connectivity index (χ3v) is 9.31. The lowest BCUT2D eigenvalue weighted by atomic mass is 9.97. The molecular formula is C24H29F4N5O5S. The number of alkyl halides is 3. The molecule has 0 spiro atoms. The van der Waals surface area contributed by atoms with Crippen molar-refractivity contribution in [1.29, 1.82) is 5.26 Å². The first-order chi connectivity index (χ1) is 18.4. The third-order valence-electron chi connectivity index (χ3n) is 7.38. The third kappa shape index (κ3) is 5.97. The van der Waals surface area contributed by atoms with E-state index >= 15 is 0 Å². The second kappa shape index (κ2) is 11.3. The van der Waals surface area contributed by atoms with Crippen molar-refractivity contribution < 1.29 is 40.3 Å². The number of nitriles is 1.